The molecule has 0 bridgehead atoms. The van der Waals surface area contributed by atoms with Gasteiger partial charge in [0.05, 0.1) is 16.3 Å². The molecule has 0 saturated heterocycles. The van der Waals surface area contributed by atoms with Crippen LogP contribution < -0.4 is 0 Å². The number of hydrogen-bond donors (Lipinski definition) is 0. The van der Waals surface area contributed by atoms with Crippen LogP contribution in [0.5, 0.6) is 0 Å². The van der Waals surface area contributed by atoms with Crippen LogP contribution in [-0.4, -0.2) is 20.5 Å². The van der Waals surface area contributed by atoms with E-state index in [1.165, 1.54) is 0 Å². The summed E-state index contributed by atoms with van der Waals surface area (Å²) in [6.07, 6.45) is 0. The molecule has 0 fully saturated rings. The minimum absolute atomic E-state index is 0.437. The highest BCUT2D eigenvalue weighted by atomic mass is 35.5. The lowest BCUT2D eigenvalue weighted by Crippen LogP contribution is -2.09. The van der Waals surface area contributed by atoms with Gasteiger partial charge in [-0.05, 0) is 42.6 Å². The monoisotopic (exact) mass is 414 g/mol. The second kappa shape index (κ2) is 7.32. The lowest BCUT2D eigenvalue weighted by molar-refractivity contribution is 0.861. The smallest absolute Gasteiger partial charge is 0.159 e. The SMILES string of the molecule is Cc1nnc2n1-c1ccc(C#Cc3cccs3)cc1C(c1ccccc1Cl)=NC2. The summed E-state index contributed by atoms with van der Waals surface area (Å²) in [5, 5.41) is 11.2. The number of aliphatic imine (C=N–C) groups is 1. The Labute approximate surface area is 177 Å². The number of aryl methyl sites for hydroxylation is 1. The van der Waals surface area contributed by atoms with E-state index in [4.69, 9.17) is 16.6 Å². The van der Waals surface area contributed by atoms with E-state index in [2.05, 4.69) is 38.7 Å². The Balaban J connectivity index is 1.72. The molecule has 2 aromatic heterocycles. The summed E-state index contributed by atoms with van der Waals surface area (Å²) in [6, 6.07) is 18.0. The topological polar surface area (TPSA) is 43.1 Å². The summed E-state index contributed by atoms with van der Waals surface area (Å²) in [4.78, 5) is 5.90. The molecule has 29 heavy (non-hydrogen) atoms. The first-order valence-corrected chi connectivity index (χ1v) is 10.4. The van der Waals surface area contributed by atoms with Gasteiger partial charge in [-0.15, -0.1) is 21.5 Å². The maximum Gasteiger partial charge on any atom is 0.159 e. The van der Waals surface area contributed by atoms with E-state index in [-0.39, 0.29) is 0 Å². The molecule has 0 atom stereocenters. The van der Waals surface area contributed by atoms with Gasteiger partial charge in [0.25, 0.3) is 0 Å². The molecular weight excluding hydrogens is 400 g/mol. The molecule has 2 aromatic carbocycles. The molecule has 6 heteroatoms. The zero-order chi connectivity index (χ0) is 19.8. The van der Waals surface area contributed by atoms with E-state index in [0.29, 0.717) is 11.6 Å². The van der Waals surface area contributed by atoms with E-state index in [9.17, 15) is 0 Å². The van der Waals surface area contributed by atoms with Gasteiger partial charge in [0.15, 0.2) is 5.82 Å². The van der Waals surface area contributed by atoms with Crippen molar-refractivity contribution < 1.29 is 0 Å². The van der Waals surface area contributed by atoms with E-state index >= 15 is 0 Å². The fourth-order valence-electron chi connectivity index (χ4n) is 3.42. The lowest BCUT2D eigenvalue weighted by Gasteiger charge is -2.14. The molecule has 4 aromatic rings. The number of nitrogens with zero attached hydrogens (tertiary/aromatic N) is 4. The van der Waals surface area contributed by atoms with Gasteiger partial charge in [-0.1, -0.05) is 47.7 Å². The second-order valence-electron chi connectivity index (χ2n) is 6.60. The molecule has 0 unspecified atom stereocenters. The van der Waals surface area contributed by atoms with Crippen LogP contribution in [0.15, 0.2) is 65.0 Å². The Morgan fingerprint density at radius 2 is 1.90 bits per heavy atom. The standard InChI is InChI=1S/C23H15ClN4S/c1-15-26-27-22-14-25-23(18-6-2-3-7-20(18)24)19-13-16(9-11-21(19)28(15)22)8-10-17-5-4-12-29-17/h2-7,9,11-13H,14H2,1H3. The second-order valence-corrected chi connectivity index (χ2v) is 7.96. The summed E-state index contributed by atoms with van der Waals surface area (Å²) in [7, 11) is 0. The van der Waals surface area contributed by atoms with Crippen molar-refractivity contribution in [1.29, 1.82) is 0 Å². The van der Waals surface area contributed by atoms with E-state index in [1.807, 2.05) is 54.8 Å². The van der Waals surface area contributed by atoms with Crippen molar-refractivity contribution in [3.8, 4) is 17.5 Å². The molecular formula is C23H15ClN4S. The lowest BCUT2D eigenvalue weighted by atomic mass is 9.98. The fourth-order valence-corrected chi connectivity index (χ4v) is 4.22. The van der Waals surface area contributed by atoms with Crippen LogP contribution in [0.4, 0.5) is 0 Å². The van der Waals surface area contributed by atoms with Crippen LogP contribution in [0.2, 0.25) is 5.02 Å². The maximum atomic E-state index is 6.52. The molecule has 0 aliphatic carbocycles. The minimum Gasteiger partial charge on any atom is -0.281 e. The molecule has 0 amide bonds. The molecule has 1 aliphatic rings. The van der Waals surface area contributed by atoms with Crippen LogP contribution in [-0.2, 0) is 6.54 Å². The van der Waals surface area contributed by atoms with Gasteiger partial charge in [-0.25, -0.2) is 0 Å². The zero-order valence-electron chi connectivity index (χ0n) is 15.6. The van der Waals surface area contributed by atoms with Gasteiger partial charge in [-0.2, -0.15) is 0 Å². The predicted octanol–water partition coefficient (Wildman–Crippen LogP) is 5.04. The Bertz CT molecular complexity index is 1310. The summed E-state index contributed by atoms with van der Waals surface area (Å²) < 4.78 is 2.05. The average molecular weight is 415 g/mol. The molecule has 0 saturated carbocycles. The van der Waals surface area contributed by atoms with E-state index in [1.54, 1.807) is 11.3 Å². The van der Waals surface area contributed by atoms with Gasteiger partial charge in [0.2, 0.25) is 0 Å². The highest BCUT2D eigenvalue weighted by Crippen LogP contribution is 2.29. The Morgan fingerprint density at radius 3 is 2.72 bits per heavy atom. The van der Waals surface area contributed by atoms with Crippen molar-refractivity contribution in [2.24, 2.45) is 4.99 Å². The van der Waals surface area contributed by atoms with E-state index < -0.39 is 0 Å². The number of thiophene rings is 1. The summed E-state index contributed by atoms with van der Waals surface area (Å²) in [6.45, 7) is 2.39. The van der Waals surface area contributed by atoms with Crippen LogP contribution in [0.25, 0.3) is 5.69 Å². The molecule has 5 rings (SSSR count). The molecule has 4 nitrogen and oxygen atoms in total. The summed E-state index contributed by atoms with van der Waals surface area (Å²) in [5.74, 6) is 8.13. The molecule has 1 aliphatic heterocycles. The quantitative estimate of drug-likeness (QED) is 0.409. The highest BCUT2D eigenvalue weighted by molar-refractivity contribution is 7.10. The van der Waals surface area contributed by atoms with Gasteiger partial charge < -0.3 is 0 Å². The molecule has 3 heterocycles. The zero-order valence-corrected chi connectivity index (χ0v) is 17.1. The Morgan fingerprint density at radius 1 is 1.00 bits per heavy atom. The largest absolute Gasteiger partial charge is 0.281 e. The summed E-state index contributed by atoms with van der Waals surface area (Å²) in [5.41, 5.74) is 4.62. The predicted molar refractivity (Wildman–Crippen MR) is 117 cm³/mol. The van der Waals surface area contributed by atoms with Crippen LogP contribution in [0.3, 0.4) is 0 Å². The number of rotatable bonds is 1. The number of aromatic nitrogens is 3. The number of hydrogen-bond acceptors (Lipinski definition) is 4. The third kappa shape index (κ3) is 3.27. The number of halogens is 1. The molecule has 0 radical (unpaired) electrons. The van der Waals surface area contributed by atoms with E-state index in [0.717, 1.165) is 44.6 Å². The van der Waals surface area contributed by atoms with Crippen molar-refractivity contribution in [3.63, 3.8) is 0 Å². The summed E-state index contributed by atoms with van der Waals surface area (Å²) >= 11 is 8.15. The van der Waals surface area contributed by atoms with Crippen LogP contribution in [0, 0.1) is 18.8 Å². The number of benzene rings is 2. The highest BCUT2D eigenvalue weighted by Gasteiger charge is 2.22. The third-order valence-corrected chi connectivity index (χ3v) is 5.86. The number of fused-ring (bicyclic) bond motifs is 3. The van der Waals surface area contributed by atoms with Crippen molar-refractivity contribution in [1.82, 2.24) is 14.8 Å². The third-order valence-electron chi connectivity index (χ3n) is 4.74. The van der Waals surface area contributed by atoms with Gasteiger partial charge in [-0.3, -0.25) is 9.56 Å². The minimum atomic E-state index is 0.437. The molecule has 0 spiro atoms. The molecule has 0 N–H and O–H groups in total. The van der Waals surface area contributed by atoms with Crippen molar-refractivity contribution in [2.45, 2.75) is 13.5 Å². The van der Waals surface area contributed by atoms with Crippen LogP contribution >= 0.6 is 22.9 Å². The molecule has 140 valence electrons. The van der Waals surface area contributed by atoms with Crippen molar-refractivity contribution >= 4 is 28.6 Å². The first-order chi connectivity index (χ1) is 14.2. The van der Waals surface area contributed by atoms with Crippen LogP contribution in [0.1, 0.15) is 33.2 Å². The van der Waals surface area contributed by atoms with Crippen molar-refractivity contribution in [2.75, 3.05) is 0 Å². The van der Waals surface area contributed by atoms with Crippen molar-refractivity contribution in [3.05, 3.63) is 98.2 Å². The Kier molecular flexibility index (Phi) is 4.51. The first kappa shape index (κ1) is 17.9. The average Bonchev–Trinajstić information content (AvgIpc) is 3.34. The van der Waals surface area contributed by atoms with Gasteiger partial charge in [0, 0.05) is 21.7 Å². The fraction of sp³-hybridized carbons (Fsp3) is 0.0870. The maximum absolute atomic E-state index is 6.52. The normalized spacial score (nSPS) is 12.3. The van der Waals surface area contributed by atoms with Gasteiger partial charge in [0.1, 0.15) is 12.4 Å². The van der Waals surface area contributed by atoms with Gasteiger partial charge >= 0.3 is 0 Å². The Hall–Kier alpha value is -3.20. The first-order valence-electron chi connectivity index (χ1n) is 9.11.